The summed E-state index contributed by atoms with van der Waals surface area (Å²) in [6, 6.07) is 10.8. The number of benzene rings is 2. The molecule has 0 fully saturated rings. The number of nitrogens with two attached hydrogens (primary N) is 1. The van der Waals surface area contributed by atoms with Gasteiger partial charge in [0, 0.05) is 10.6 Å². The van der Waals surface area contributed by atoms with Gasteiger partial charge in [-0.05, 0) is 43.2 Å². The first-order valence-electron chi connectivity index (χ1n) is 5.91. The van der Waals surface area contributed by atoms with E-state index in [9.17, 15) is 4.79 Å². The van der Waals surface area contributed by atoms with Gasteiger partial charge in [-0.3, -0.25) is 4.79 Å². The zero-order valence-corrected chi connectivity index (χ0v) is 11.6. The number of nitrogen functional groups attached to an aromatic ring is 1. The topological polar surface area (TPSA) is 55.1 Å². The number of halogens is 1. The van der Waals surface area contributed by atoms with Crippen molar-refractivity contribution in [2.75, 3.05) is 11.1 Å². The summed E-state index contributed by atoms with van der Waals surface area (Å²) < 4.78 is 0. The normalized spacial score (nSPS) is 10.3. The average Bonchev–Trinajstić information content (AvgIpc) is 2.36. The summed E-state index contributed by atoms with van der Waals surface area (Å²) in [4.78, 5) is 12.2. The van der Waals surface area contributed by atoms with Gasteiger partial charge in [-0.2, -0.15) is 0 Å². The van der Waals surface area contributed by atoms with Crippen molar-refractivity contribution in [2.45, 2.75) is 13.8 Å². The molecule has 4 heteroatoms. The van der Waals surface area contributed by atoms with E-state index in [4.69, 9.17) is 17.3 Å². The van der Waals surface area contributed by atoms with E-state index in [1.54, 1.807) is 18.2 Å². The lowest BCUT2D eigenvalue weighted by Crippen LogP contribution is -2.14. The van der Waals surface area contributed by atoms with Crippen LogP contribution in [0.15, 0.2) is 36.4 Å². The van der Waals surface area contributed by atoms with Crippen LogP contribution in [0, 0.1) is 13.8 Å². The van der Waals surface area contributed by atoms with Crippen molar-refractivity contribution in [3.05, 3.63) is 58.1 Å². The van der Waals surface area contributed by atoms with E-state index < -0.39 is 0 Å². The predicted molar refractivity (Wildman–Crippen MR) is 79.7 cm³/mol. The highest BCUT2D eigenvalue weighted by Gasteiger charge is 2.11. The molecular weight excluding hydrogens is 260 g/mol. The van der Waals surface area contributed by atoms with Crippen molar-refractivity contribution >= 4 is 28.9 Å². The highest BCUT2D eigenvalue weighted by molar-refractivity contribution is 6.32. The van der Waals surface area contributed by atoms with Crippen molar-refractivity contribution in [3.63, 3.8) is 0 Å². The number of aryl methyl sites for hydroxylation is 2. The van der Waals surface area contributed by atoms with Crippen LogP contribution < -0.4 is 11.1 Å². The van der Waals surface area contributed by atoms with E-state index in [2.05, 4.69) is 5.32 Å². The fraction of sp³-hybridized carbons (Fsp3) is 0.133. The van der Waals surface area contributed by atoms with Crippen LogP contribution in [-0.4, -0.2) is 5.91 Å². The van der Waals surface area contributed by atoms with Gasteiger partial charge >= 0.3 is 0 Å². The number of anilines is 2. The molecule has 0 bridgehead atoms. The fourth-order valence-corrected chi connectivity index (χ4v) is 1.99. The van der Waals surface area contributed by atoms with E-state index in [-0.39, 0.29) is 5.91 Å². The smallest absolute Gasteiger partial charge is 0.255 e. The van der Waals surface area contributed by atoms with Gasteiger partial charge < -0.3 is 11.1 Å². The van der Waals surface area contributed by atoms with Crippen LogP contribution >= 0.6 is 11.6 Å². The van der Waals surface area contributed by atoms with Gasteiger partial charge in [0.05, 0.1) is 11.4 Å². The maximum Gasteiger partial charge on any atom is 0.255 e. The maximum atomic E-state index is 12.2. The molecule has 1 amide bonds. The molecule has 2 aromatic carbocycles. The molecular formula is C15H15ClN2O. The van der Waals surface area contributed by atoms with Gasteiger partial charge in [-0.1, -0.05) is 29.8 Å². The Kier molecular flexibility index (Phi) is 3.76. The molecule has 3 nitrogen and oxygen atoms in total. The van der Waals surface area contributed by atoms with Gasteiger partial charge in [-0.25, -0.2) is 0 Å². The van der Waals surface area contributed by atoms with E-state index >= 15 is 0 Å². The Morgan fingerprint density at radius 1 is 1.16 bits per heavy atom. The summed E-state index contributed by atoms with van der Waals surface area (Å²) in [6.45, 7) is 3.76. The molecule has 0 atom stereocenters. The van der Waals surface area contributed by atoms with Crippen LogP contribution in [0.1, 0.15) is 21.5 Å². The summed E-state index contributed by atoms with van der Waals surface area (Å²) in [7, 11) is 0. The third kappa shape index (κ3) is 2.88. The second-order valence-corrected chi connectivity index (χ2v) is 4.86. The SMILES string of the molecule is Cc1cc(N)c(NC(=O)c2ccccc2C)cc1Cl. The first kappa shape index (κ1) is 13.4. The third-order valence-electron chi connectivity index (χ3n) is 2.97. The van der Waals surface area contributed by atoms with E-state index in [1.807, 2.05) is 32.0 Å². The van der Waals surface area contributed by atoms with Crippen LogP contribution in [0.5, 0.6) is 0 Å². The Morgan fingerprint density at radius 3 is 2.53 bits per heavy atom. The van der Waals surface area contributed by atoms with Gasteiger partial charge in [0.25, 0.3) is 5.91 Å². The van der Waals surface area contributed by atoms with E-state index in [0.717, 1.165) is 11.1 Å². The molecule has 0 unspecified atom stereocenters. The highest BCUT2D eigenvalue weighted by Crippen LogP contribution is 2.27. The van der Waals surface area contributed by atoms with Crippen molar-refractivity contribution < 1.29 is 4.79 Å². The van der Waals surface area contributed by atoms with Gasteiger partial charge in [-0.15, -0.1) is 0 Å². The average molecular weight is 275 g/mol. The Balaban J connectivity index is 2.30. The van der Waals surface area contributed by atoms with Crippen molar-refractivity contribution in [1.29, 1.82) is 0 Å². The number of amides is 1. The Labute approximate surface area is 117 Å². The first-order chi connectivity index (χ1) is 8.99. The molecule has 19 heavy (non-hydrogen) atoms. The largest absolute Gasteiger partial charge is 0.397 e. The van der Waals surface area contributed by atoms with Crippen molar-refractivity contribution in [1.82, 2.24) is 0 Å². The van der Waals surface area contributed by atoms with E-state index in [1.165, 1.54) is 0 Å². The minimum Gasteiger partial charge on any atom is -0.397 e. The van der Waals surface area contributed by atoms with Crippen LogP contribution in [0.2, 0.25) is 5.02 Å². The molecule has 2 rings (SSSR count). The van der Waals surface area contributed by atoms with Crippen LogP contribution in [0.25, 0.3) is 0 Å². The molecule has 3 N–H and O–H groups in total. The standard InChI is InChI=1S/C15H15ClN2O/c1-9-5-3-4-6-11(9)15(19)18-14-8-12(16)10(2)7-13(14)17/h3-8H,17H2,1-2H3,(H,18,19). The minimum atomic E-state index is -0.190. The molecule has 0 aliphatic carbocycles. The van der Waals surface area contributed by atoms with Gasteiger partial charge in [0.2, 0.25) is 0 Å². The number of hydrogen-bond acceptors (Lipinski definition) is 2. The Bertz CT molecular complexity index is 638. The van der Waals surface area contributed by atoms with Crippen LogP contribution in [0.4, 0.5) is 11.4 Å². The number of rotatable bonds is 2. The summed E-state index contributed by atoms with van der Waals surface area (Å²) in [6.07, 6.45) is 0. The third-order valence-corrected chi connectivity index (χ3v) is 3.38. The summed E-state index contributed by atoms with van der Waals surface area (Å²) in [5.41, 5.74) is 9.34. The quantitative estimate of drug-likeness (QED) is 0.819. The second kappa shape index (κ2) is 5.33. The monoisotopic (exact) mass is 274 g/mol. The fourth-order valence-electron chi connectivity index (χ4n) is 1.83. The van der Waals surface area contributed by atoms with Crippen molar-refractivity contribution in [3.8, 4) is 0 Å². The van der Waals surface area contributed by atoms with Crippen molar-refractivity contribution in [2.24, 2.45) is 0 Å². The summed E-state index contributed by atoms with van der Waals surface area (Å²) in [5, 5.41) is 3.37. The molecule has 0 aliphatic rings. The molecule has 0 aliphatic heterocycles. The Morgan fingerprint density at radius 2 is 1.84 bits per heavy atom. The lowest BCUT2D eigenvalue weighted by atomic mass is 10.1. The zero-order valence-electron chi connectivity index (χ0n) is 10.8. The number of hydrogen-bond donors (Lipinski definition) is 2. The number of carbonyl (C=O) groups excluding carboxylic acids is 1. The Hall–Kier alpha value is -2.00. The number of nitrogens with one attached hydrogen (secondary N) is 1. The molecule has 0 radical (unpaired) electrons. The molecule has 2 aromatic rings. The highest BCUT2D eigenvalue weighted by atomic mass is 35.5. The van der Waals surface area contributed by atoms with Crippen LogP contribution in [0.3, 0.4) is 0 Å². The minimum absolute atomic E-state index is 0.190. The van der Waals surface area contributed by atoms with Gasteiger partial charge in [0.1, 0.15) is 0 Å². The van der Waals surface area contributed by atoms with Gasteiger partial charge in [0.15, 0.2) is 0 Å². The second-order valence-electron chi connectivity index (χ2n) is 4.46. The maximum absolute atomic E-state index is 12.2. The zero-order chi connectivity index (χ0) is 14.0. The number of carbonyl (C=O) groups is 1. The molecule has 0 saturated heterocycles. The summed E-state index contributed by atoms with van der Waals surface area (Å²) >= 11 is 6.04. The molecule has 0 saturated carbocycles. The molecule has 98 valence electrons. The molecule has 0 heterocycles. The van der Waals surface area contributed by atoms with E-state index in [0.29, 0.717) is 22.0 Å². The lowest BCUT2D eigenvalue weighted by Gasteiger charge is -2.11. The summed E-state index contributed by atoms with van der Waals surface area (Å²) in [5.74, 6) is -0.190. The molecule has 0 spiro atoms. The predicted octanol–water partition coefficient (Wildman–Crippen LogP) is 3.79. The lowest BCUT2D eigenvalue weighted by molar-refractivity contribution is 0.102. The molecule has 0 aromatic heterocycles. The first-order valence-corrected chi connectivity index (χ1v) is 6.29. The van der Waals surface area contributed by atoms with Crippen LogP contribution in [-0.2, 0) is 0 Å².